The first-order valence-electron chi connectivity index (χ1n) is 6.54. The van der Waals surface area contributed by atoms with Gasteiger partial charge in [-0.2, -0.15) is 13.2 Å². The number of hydrogen-bond acceptors (Lipinski definition) is 2. The van der Waals surface area contributed by atoms with Gasteiger partial charge in [-0.25, -0.2) is 0 Å². The summed E-state index contributed by atoms with van der Waals surface area (Å²) >= 11 is 0. The van der Waals surface area contributed by atoms with E-state index in [2.05, 4.69) is 5.32 Å². The molecular weight excluding hydrogens is 277 g/mol. The van der Waals surface area contributed by atoms with Crippen LogP contribution in [0, 0.1) is 0 Å². The Kier molecular flexibility index (Phi) is 4.40. The van der Waals surface area contributed by atoms with Crippen LogP contribution in [-0.4, -0.2) is 20.3 Å². The van der Waals surface area contributed by atoms with E-state index in [4.69, 9.17) is 0 Å². The third-order valence-electron chi connectivity index (χ3n) is 3.15. The van der Waals surface area contributed by atoms with Crippen molar-refractivity contribution in [2.45, 2.75) is 12.2 Å². The Balaban J connectivity index is 2.37. The highest BCUT2D eigenvalue weighted by molar-refractivity contribution is 5.70. The summed E-state index contributed by atoms with van der Waals surface area (Å²) in [5.74, 6) is 0. The summed E-state index contributed by atoms with van der Waals surface area (Å²) in [5.41, 5.74) is 1.36. The number of alkyl halides is 3. The molecule has 0 aromatic heterocycles. The minimum atomic E-state index is -4.37. The number of benzene rings is 2. The Hall–Kier alpha value is -2.17. The Labute approximate surface area is 122 Å². The molecule has 112 valence electrons. The molecule has 0 aliphatic carbocycles. The summed E-state index contributed by atoms with van der Waals surface area (Å²) in [4.78, 5) is 1.78. The van der Waals surface area contributed by atoms with Crippen molar-refractivity contribution in [3.8, 4) is 0 Å². The maximum Gasteiger partial charge on any atom is 0.412 e. The molecule has 0 amide bonds. The normalized spacial score (nSPS) is 12.8. The lowest BCUT2D eigenvalue weighted by Crippen LogP contribution is -2.28. The molecular formula is C16H17F3N2. The summed E-state index contributed by atoms with van der Waals surface area (Å²) in [5, 5.41) is 2.62. The highest BCUT2D eigenvalue weighted by Crippen LogP contribution is 2.37. The van der Waals surface area contributed by atoms with Crippen molar-refractivity contribution in [3.05, 3.63) is 60.2 Å². The molecule has 0 radical (unpaired) electrons. The van der Waals surface area contributed by atoms with Crippen molar-refractivity contribution in [1.82, 2.24) is 0 Å². The lowest BCUT2D eigenvalue weighted by Gasteiger charge is -2.26. The van der Waals surface area contributed by atoms with E-state index in [0.29, 0.717) is 11.4 Å². The molecule has 0 saturated carbocycles. The number of hydrogen-bond donors (Lipinski definition) is 1. The van der Waals surface area contributed by atoms with Crippen molar-refractivity contribution >= 4 is 11.4 Å². The van der Waals surface area contributed by atoms with Crippen molar-refractivity contribution < 1.29 is 13.2 Å². The smallest absolute Gasteiger partial charge is 0.376 e. The summed E-state index contributed by atoms with van der Waals surface area (Å²) in [6.07, 6.45) is -4.37. The van der Waals surface area contributed by atoms with Crippen LogP contribution in [-0.2, 0) is 0 Å². The summed E-state index contributed by atoms with van der Waals surface area (Å²) in [7, 11) is 3.59. The zero-order chi connectivity index (χ0) is 15.5. The van der Waals surface area contributed by atoms with Gasteiger partial charge in [-0.05, 0) is 17.7 Å². The number of anilines is 2. The summed E-state index contributed by atoms with van der Waals surface area (Å²) < 4.78 is 40.0. The van der Waals surface area contributed by atoms with E-state index in [0.717, 1.165) is 0 Å². The van der Waals surface area contributed by atoms with Crippen molar-refractivity contribution in [2.75, 3.05) is 24.3 Å². The molecule has 0 spiro atoms. The minimum Gasteiger partial charge on any atom is -0.376 e. The Morgan fingerprint density at radius 2 is 1.48 bits per heavy atom. The topological polar surface area (TPSA) is 15.3 Å². The van der Waals surface area contributed by atoms with Gasteiger partial charge in [-0.3, -0.25) is 0 Å². The van der Waals surface area contributed by atoms with Crippen LogP contribution in [0.15, 0.2) is 54.6 Å². The number of para-hydroxylation sites is 2. The number of rotatable bonds is 4. The standard InChI is InChI=1S/C16H17F3N2/c1-21(2)14-11-7-6-10-13(14)20-15(16(17,18)19)12-8-4-3-5-9-12/h3-11,15,20H,1-2H3. The molecule has 5 heteroatoms. The van der Waals surface area contributed by atoms with Crippen LogP contribution >= 0.6 is 0 Å². The van der Waals surface area contributed by atoms with Crippen molar-refractivity contribution in [1.29, 1.82) is 0 Å². The minimum absolute atomic E-state index is 0.193. The fraction of sp³-hybridized carbons (Fsp3) is 0.250. The first kappa shape index (κ1) is 15.2. The second-order valence-corrected chi connectivity index (χ2v) is 4.94. The van der Waals surface area contributed by atoms with E-state index in [9.17, 15) is 13.2 Å². The third kappa shape index (κ3) is 3.68. The van der Waals surface area contributed by atoms with E-state index < -0.39 is 12.2 Å². The molecule has 2 aromatic rings. The lowest BCUT2D eigenvalue weighted by molar-refractivity contribution is -0.144. The van der Waals surface area contributed by atoms with Gasteiger partial charge in [0.2, 0.25) is 0 Å². The van der Waals surface area contributed by atoms with Gasteiger partial charge in [-0.1, -0.05) is 42.5 Å². The number of halogens is 3. The molecule has 0 heterocycles. The quantitative estimate of drug-likeness (QED) is 0.895. The van der Waals surface area contributed by atoms with Gasteiger partial charge < -0.3 is 10.2 Å². The van der Waals surface area contributed by atoms with Gasteiger partial charge >= 0.3 is 6.18 Å². The predicted molar refractivity (Wildman–Crippen MR) is 79.6 cm³/mol. The van der Waals surface area contributed by atoms with Gasteiger partial charge in [0.25, 0.3) is 0 Å². The van der Waals surface area contributed by atoms with Crippen LogP contribution < -0.4 is 10.2 Å². The van der Waals surface area contributed by atoms with Crippen LogP contribution in [0.3, 0.4) is 0 Å². The van der Waals surface area contributed by atoms with Gasteiger partial charge in [0.05, 0.1) is 11.4 Å². The van der Waals surface area contributed by atoms with Crippen LogP contribution in [0.4, 0.5) is 24.5 Å². The number of nitrogens with one attached hydrogen (secondary N) is 1. The molecule has 0 bridgehead atoms. The molecule has 0 aliphatic heterocycles. The van der Waals surface area contributed by atoms with Gasteiger partial charge in [-0.15, -0.1) is 0 Å². The monoisotopic (exact) mass is 294 g/mol. The first-order valence-corrected chi connectivity index (χ1v) is 6.54. The Morgan fingerprint density at radius 1 is 0.905 bits per heavy atom. The van der Waals surface area contributed by atoms with E-state index in [1.807, 2.05) is 0 Å². The van der Waals surface area contributed by atoms with E-state index >= 15 is 0 Å². The fourth-order valence-electron chi connectivity index (χ4n) is 2.14. The summed E-state index contributed by atoms with van der Waals surface area (Å²) in [6.45, 7) is 0. The first-order chi connectivity index (χ1) is 9.89. The molecule has 1 unspecified atom stereocenters. The summed E-state index contributed by atoms with van der Waals surface area (Å²) in [6, 6.07) is 13.1. The Morgan fingerprint density at radius 3 is 2.05 bits per heavy atom. The maximum absolute atomic E-state index is 13.3. The maximum atomic E-state index is 13.3. The molecule has 0 saturated heterocycles. The zero-order valence-corrected chi connectivity index (χ0v) is 11.9. The highest BCUT2D eigenvalue weighted by Gasteiger charge is 2.41. The van der Waals surface area contributed by atoms with Gasteiger partial charge in [0.15, 0.2) is 0 Å². The van der Waals surface area contributed by atoms with E-state index in [-0.39, 0.29) is 5.56 Å². The fourth-order valence-corrected chi connectivity index (χ4v) is 2.14. The van der Waals surface area contributed by atoms with Crippen molar-refractivity contribution in [2.24, 2.45) is 0 Å². The van der Waals surface area contributed by atoms with Crippen LogP contribution in [0.25, 0.3) is 0 Å². The average molecular weight is 294 g/mol. The molecule has 2 nitrogen and oxygen atoms in total. The number of nitrogens with zero attached hydrogens (tertiary/aromatic N) is 1. The molecule has 0 aliphatic rings. The molecule has 2 aromatic carbocycles. The average Bonchev–Trinajstić information content (AvgIpc) is 2.44. The van der Waals surface area contributed by atoms with Crippen LogP contribution in [0.1, 0.15) is 11.6 Å². The lowest BCUT2D eigenvalue weighted by atomic mass is 10.1. The molecule has 21 heavy (non-hydrogen) atoms. The SMILES string of the molecule is CN(C)c1ccccc1NC(c1ccccc1)C(F)(F)F. The molecule has 1 atom stereocenters. The van der Waals surface area contributed by atoms with Gasteiger partial charge in [0.1, 0.15) is 6.04 Å². The second-order valence-electron chi connectivity index (χ2n) is 4.94. The molecule has 2 rings (SSSR count). The van der Waals surface area contributed by atoms with E-state index in [1.165, 1.54) is 12.1 Å². The molecule has 1 N–H and O–H groups in total. The van der Waals surface area contributed by atoms with Crippen LogP contribution in [0.5, 0.6) is 0 Å². The second kappa shape index (κ2) is 6.08. The van der Waals surface area contributed by atoms with Crippen LogP contribution in [0.2, 0.25) is 0 Å². The zero-order valence-electron chi connectivity index (χ0n) is 11.9. The third-order valence-corrected chi connectivity index (χ3v) is 3.15. The van der Waals surface area contributed by atoms with Crippen molar-refractivity contribution in [3.63, 3.8) is 0 Å². The van der Waals surface area contributed by atoms with E-state index in [1.54, 1.807) is 61.5 Å². The predicted octanol–water partition coefficient (Wildman–Crippen LogP) is 4.47. The van der Waals surface area contributed by atoms with Gasteiger partial charge in [0, 0.05) is 14.1 Å². The Bertz CT molecular complexity index is 580. The highest BCUT2D eigenvalue weighted by atomic mass is 19.4. The largest absolute Gasteiger partial charge is 0.412 e. The molecule has 0 fully saturated rings.